The van der Waals surface area contributed by atoms with Gasteiger partial charge in [-0.05, 0) is 106 Å². The second-order valence-corrected chi connectivity index (χ2v) is 13.3. The van der Waals surface area contributed by atoms with Gasteiger partial charge in [-0.3, -0.25) is 9.98 Å². The molecule has 238 valence electrons. The maximum absolute atomic E-state index is 15.2. The zero-order valence-electron chi connectivity index (χ0n) is 25.6. The van der Waals surface area contributed by atoms with Gasteiger partial charge in [0.25, 0.3) is 0 Å². The average Bonchev–Trinajstić information content (AvgIpc) is 3.78. The summed E-state index contributed by atoms with van der Waals surface area (Å²) in [5, 5.41) is 15.4. The van der Waals surface area contributed by atoms with Gasteiger partial charge in [0.05, 0.1) is 16.4 Å². The van der Waals surface area contributed by atoms with Crippen molar-refractivity contribution in [2.24, 2.45) is 17.4 Å². The third kappa shape index (κ3) is 7.40. The van der Waals surface area contributed by atoms with Crippen molar-refractivity contribution in [2.75, 3.05) is 0 Å². The number of nitrogens with zero attached hydrogens (tertiary/aromatic N) is 2. The second kappa shape index (κ2) is 13.3. The van der Waals surface area contributed by atoms with Gasteiger partial charge in [-0.25, -0.2) is 9.18 Å². The van der Waals surface area contributed by atoms with E-state index in [1.54, 1.807) is 24.4 Å². The average molecular weight is 633 g/mol. The number of nitrogens with one attached hydrogen (secondary N) is 4. The Labute approximate surface area is 267 Å². The maximum atomic E-state index is 15.2. The number of benzene rings is 2. The summed E-state index contributed by atoms with van der Waals surface area (Å²) in [5.74, 6) is 0.137. The van der Waals surface area contributed by atoms with Crippen LogP contribution in [0.2, 0.25) is 5.02 Å². The van der Waals surface area contributed by atoms with E-state index in [9.17, 15) is 4.79 Å². The smallest absolute Gasteiger partial charge is 0.354 e. The first-order chi connectivity index (χ1) is 21.6. The lowest BCUT2D eigenvalue weighted by Gasteiger charge is -2.34. The summed E-state index contributed by atoms with van der Waals surface area (Å²) in [6, 6.07) is 14.2. The summed E-state index contributed by atoms with van der Waals surface area (Å²) in [6.07, 6.45) is 10.8. The molecule has 6 rings (SSSR count). The van der Waals surface area contributed by atoms with E-state index in [4.69, 9.17) is 28.5 Å². The molecule has 3 heterocycles. The molecule has 0 bridgehead atoms. The molecule has 2 aromatic carbocycles. The van der Waals surface area contributed by atoms with Gasteiger partial charge < -0.3 is 27.1 Å². The van der Waals surface area contributed by atoms with Gasteiger partial charge in [-0.1, -0.05) is 30.2 Å². The summed E-state index contributed by atoms with van der Waals surface area (Å²) >= 11 is 6.27. The summed E-state index contributed by atoms with van der Waals surface area (Å²) in [7, 11) is 0. The van der Waals surface area contributed by atoms with E-state index in [-0.39, 0.29) is 29.1 Å². The van der Waals surface area contributed by atoms with Gasteiger partial charge >= 0.3 is 5.69 Å². The van der Waals surface area contributed by atoms with Crippen molar-refractivity contribution in [2.45, 2.75) is 88.9 Å². The third-order valence-corrected chi connectivity index (χ3v) is 9.41. The number of guanidine groups is 1. The van der Waals surface area contributed by atoms with Crippen LogP contribution in [0.1, 0.15) is 75.5 Å². The van der Waals surface area contributed by atoms with Crippen molar-refractivity contribution in [3.8, 4) is 16.9 Å². The number of hydrogen-bond donors (Lipinski definition) is 6. The Morgan fingerprint density at radius 3 is 2.69 bits per heavy atom. The first kappa shape index (κ1) is 31.3. The number of aromatic nitrogens is 3. The molecule has 2 aromatic heterocycles. The van der Waals surface area contributed by atoms with E-state index >= 15 is 4.39 Å². The second-order valence-electron chi connectivity index (χ2n) is 12.9. The van der Waals surface area contributed by atoms with Crippen LogP contribution < -0.4 is 27.8 Å². The topological polar surface area (TPSA) is 151 Å². The summed E-state index contributed by atoms with van der Waals surface area (Å²) < 4.78 is 16.7. The molecule has 4 aromatic rings. The van der Waals surface area contributed by atoms with Gasteiger partial charge in [-0.2, -0.15) is 4.98 Å². The Kier molecular flexibility index (Phi) is 9.26. The van der Waals surface area contributed by atoms with Crippen molar-refractivity contribution in [1.82, 2.24) is 25.2 Å². The van der Waals surface area contributed by atoms with E-state index in [1.165, 1.54) is 23.0 Å². The quantitative estimate of drug-likeness (QED) is 0.0925. The lowest BCUT2D eigenvalue weighted by molar-refractivity contribution is 0.285. The van der Waals surface area contributed by atoms with Gasteiger partial charge in [0.1, 0.15) is 5.65 Å². The number of rotatable bonds is 11. The number of H-pyrrole nitrogens is 1. The number of fused-ring (bicyclic) bond motifs is 1. The molecule has 8 N–H and O–H groups in total. The molecule has 45 heavy (non-hydrogen) atoms. The predicted octanol–water partition coefficient (Wildman–Crippen LogP) is 5.68. The molecule has 9 nitrogen and oxygen atoms in total. The minimum atomic E-state index is -0.512. The van der Waals surface area contributed by atoms with Crippen molar-refractivity contribution in [1.29, 1.82) is 5.41 Å². The van der Waals surface area contributed by atoms with Gasteiger partial charge in [-0.15, -0.1) is 0 Å². The van der Waals surface area contributed by atoms with Crippen LogP contribution in [-0.4, -0.2) is 38.6 Å². The summed E-state index contributed by atoms with van der Waals surface area (Å²) in [4.78, 5) is 20.5. The number of hydrogen-bond acceptors (Lipinski definition) is 5. The minimum absolute atomic E-state index is 0.0446. The minimum Gasteiger partial charge on any atom is -0.370 e. The molecule has 0 radical (unpaired) electrons. The molecule has 11 heteroatoms. The maximum Gasteiger partial charge on any atom is 0.354 e. The summed E-state index contributed by atoms with van der Waals surface area (Å²) in [6.45, 7) is 1.97. The normalized spacial score (nSPS) is 19.8. The standard InChI is InChI=1S/C34H42ClFN8O/c1-19(37)4-2-5-20-14-26(31(36)27(35)15-20)30-16-23-18-44(34(45)43-32(23)41-30)25-12-10-21(11-13-25)28-7-3-6-24(40-28)17-29(22-8-9-22)42-33(38)39/h10-16,18-19,22,24,28-29,40H,2-9,17,37H2,1H3,(H4,38,39,42)(H,41,43,45)/t19-,24-,28-,29-/m0/s1. The molecule has 4 atom stereocenters. The van der Waals surface area contributed by atoms with Crippen molar-refractivity contribution in [3.05, 3.63) is 81.1 Å². The largest absolute Gasteiger partial charge is 0.370 e. The molecule has 2 fully saturated rings. The van der Waals surface area contributed by atoms with Gasteiger partial charge in [0.15, 0.2) is 11.8 Å². The van der Waals surface area contributed by atoms with Crippen LogP contribution in [0.25, 0.3) is 28.0 Å². The lowest BCUT2D eigenvalue weighted by atomic mass is 9.89. The number of halogens is 2. The fourth-order valence-electron chi connectivity index (χ4n) is 6.65. The number of aryl methyl sites for hydroxylation is 1. The van der Waals surface area contributed by atoms with Crippen LogP contribution >= 0.6 is 11.6 Å². The monoisotopic (exact) mass is 632 g/mol. The number of aromatic amines is 1. The molecule has 1 aliphatic carbocycles. The first-order valence-electron chi connectivity index (χ1n) is 16.0. The molecular weight excluding hydrogens is 591 g/mol. The Morgan fingerprint density at radius 1 is 1.20 bits per heavy atom. The fraction of sp³-hybridized carbons (Fsp3) is 0.441. The molecule has 1 saturated heterocycles. The Hall–Kier alpha value is -3.73. The van der Waals surface area contributed by atoms with Crippen LogP contribution in [-0.2, 0) is 6.42 Å². The molecule has 2 aliphatic rings. The predicted molar refractivity (Wildman–Crippen MR) is 178 cm³/mol. The van der Waals surface area contributed by atoms with E-state index in [1.807, 2.05) is 19.1 Å². The zero-order valence-corrected chi connectivity index (χ0v) is 26.3. The Balaban J connectivity index is 1.19. The van der Waals surface area contributed by atoms with Crippen LogP contribution in [0.5, 0.6) is 0 Å². The van der Waals surface area contributed by atoms with Crippen LogP contribution in [0, 0.1) is 17.1 Å². The van der Waals surface area contributed by atoms with E-state index < -0.39 is 11.5 Å². The lowest BCUT2D eigenvalue weighted by Crippen LogP contribution is -2.46. The highest BCUT2D eigenvalue weighted by molar-refractivity contribution is 6.31. The highest BCUT2D eigenvalue weighted by atomic mass is 35.5. The Bertz CT molecular complexity index is 1730. The third-order valence-electron chi connectivity index (χ3n) is 9.14. The van der Waals surface area contributed by atoms with E-state index in [0.29, 0.717) is 39.9 Å². The molecule has 0 unspecified atom stereocenters. The van der Waals surface area contributed by atoms with Crippen LogP contribution in [0.15, 0.2) is 53.5 Å². The fourth-order valence-corrected chi connectivity index (χ4v) is 6.89. The van der Waals surface area contributed by atoms with Crippen molar-refractivity contribution in [3.63, 3.8) is 0 Å². The molecule has 1 aliphatic heterocycles. The highest BCUT2D eigenvalue weighted by Gasteiger charge is 2.34. The molecule has 0 amide bonds. The van der Waals surface area contributed by atoms with Crippen LogP contribution in [0.4, 0.5) is 4.39 Å². The molecule has 1 saturated carbocycles. The molecular formula is C34H42ClFN8O. The highest BCUT2D eigenvalue weighted by Crippen LogP contribution is 2.36. The van der Waals surface area contributed by atoms with Gasteiger partial charge in [0, 0.05) is 41.3 Å². The van der Waals surface area contributed by atoms with E-state index in [0.717, 1.165) is 50.5 Å². The number of piperidine rings is 1. The zero-order chi connectivity index (χ0) is 31.7. The van der Waals surface area contributed by atoms with Crippen molar-refractivity contribution < 1.29 is 4.39 Å². The number of nitrogens with two attached hydrogens (primary N) is 2. The van der Waals surface area contributed by atoms with Crippen LogP contribution in [0.3, 0.4) is 0 Å². The van der Waals surface area contributed by atoms with E-state index in [2.05, 4.69) is 32.7 Å². The SMILES string of the molecule is C[C@H](N)CCCc1cc(Cl)c(F)c(-c2cc3cn(-c4ccc([C@@H]5CCC[C@@H](C[C@H](NC(=N)N)C6CC6)N5)cc4)c(=O)nc3[nH]2)c1. The molecule has 0 spiro atoms. The first-order valence-corrected chi connectivity index (χ1v) is 16.4. The summed E-state index contributed by atoms with van der Waals surface area (Å²) in [5.41, 5.74) is 15.2. The Morgan fingerprint density at radius 2 is 1.98 bits per heavy atom. The van der Waals surface area contributed by atoms with Crippen molar-refractivity contribution >= 4 is 28.6 Å². The van der Waals surface area contributed by atoms with Gasteiger partial charge in [0.2, 0.25) is 0 Å².